The van der Waals surface area contributed by atoms with Crippen LogP contribution < -0.4 is 0 Å². The van der Waals surface area contributed by atoms with Crippen molar-refractivity contribution in [3.63, 3.8) is 0 Å². The molecular weight excluding hydrogens is 981 g/mol. The molecule has 0 atom stereocenters. The zero-order valence-electron chi connectivity index (χ0n) is 53.5. The van der Waals surface area contributed by atoms with Gasteiger partial charge in [-0.15, -0.1) is 53.6 Å². The van der Waals surface area contributed by atoms with E-state index in [1.165, 1.54) is 48.8 Å². The van der Waals surface area contributed by atoms with Gasteiger partial charge in [0.25, 0.3) is 0 Å². The molecule has 0 N–H and O–H groups in total. The van der Waals surface area contributed by atoms with E-state index in [0.29, 0.717) is 39.2 Å². The molecule has 0 bridgehead atoms. The van der Waals surface area contributed by atoms with Gasteiger partial charge in [0, 0.05) is 65.2 Å². The van der Waals surface area contributed by atoms with Crippen LogP contribution in [-0.4, -0.2) is 9.97 Å². The minimum Gasteiger partial charge on any atom is -0.500 e. The van der Waals surface area contributed by atoms with Gasteiger partial charge in [-0.25, -0.2) is 0 Å². The maximum Gasteiger partial charge on any atom is 0.129 e. The summed E-state index contributed by atoms with van der Waals surface area (Å²) in [6.07, 6.45) is -0.600. The molecule has 0 saturated carbocycles. The van der Waals surface area contributed by atoms with E-state index in [-0.39, 0.29) is 70.2 Å². The van der Waals surface area contributed by atoms with E-state index < -0.39 is 51.0 Å². The Hall–Kier alpha value is -6.19. The summed E-state index contributed by atoms with van der Waals surface area (Å²) in [6, 6.07) is 44.6. The van der Waals surface area contributed by atoms with Gasteiger partial charge in [-0.05, 0) is 122 Å². The van der Waals surface area contributed by atoms with Crippen molar-refractivity contribution in [1.82, 2.24) is 9.97 Å². The van der Waals surface area contributed by atoms with Crippen LogP contribution in [0.4, 0.5) is 0 Å². The van der Waals surface area contributed by atoms with Crippen molar-refractivity contribution in [3.05, 3.63) is 191 Å². The topological polar surface area (TPSA) is 38.9 Å². The van der Waals surface area contributed by atoms with Crippen LogP contribution in [0.25, 0.3) is 88.3 Å². The van der Waals surface area contributed by atoms with E-state index in [1.807, 2.05) is 51.1 Å². The van der Waals surface area contributed by atoms with Gasteiger partial charge in [-0.2, -0.15) is 0 Å². The molecule has 0 amide bonds. The first-order valence-electron chi connectivity index (χ1n) is 29.5. The van der Waals surface area contributed by atoms with Crippen LogP contribution in [0, 0.1) is 50.4 Å². The molecule has 10 aromatic rings. The van der Waals surface area contributed by atoms with Gasteiger partial charge in [0.05, 0.1) is 5.58 Å². The van der Waals surface area contributed by atoms with Gasteiger partial charge < -0.3 is 14.4 Å². The molecule has 66 heavy (non-hydrogen) atoms. The van der Waals surface area contributed by atoms with E-state index in [2.05, 4.69) is 46.4 Å². The number of rotatable bonds is 6. The van der Waals surface area contributed by atoms with Crippen LogP contribution >= 0.6 is 0 Å². The third-order valence-electron chi connectivity index (χ3n) is 11.0. The zero-order chi connectivity index (χ0) is 59.2. The Morgan fingerprint density at radius 3 is 2.02 bits per heavy atom. The van der Waals surface area contributed by atoms with Crippen molar-refractivity contribution >= 4 is 43.5 Å². The molecule has 4 heteroatoms. The van der Waals surface area contributed by atoms with E-state index in [4.69, 9.17) is 26.3 Å². The van der Waals surface area contributed by atoms with Gasteiger partial charge >= 0.3 is 0 Å². The standard InChI is InChI=1S/C45H38NO.C17H20N.Ir/c1-27-22-30(25-45(4,5)6)14-19-34(27)33-18-20-35(28(2)23-33)40-24-41(46-26-29(40)3)39-13-9-12-37-38-21-17-32-16-15-31-10-7-8-11-36(31)42(32)44(38)47-43(37)39;1-13-5-8-15(9-6-13)16-10-7-14(12-18-16)11-17(2,3)4;/h7-12,14-24,26H,25H2,1-6H3;5-8,10,12H,11H2,1-4H3;/q2*-1;/i1D3,2D3,3D3,25D2;1D3,11D2;. The van der Waals surface area contributed by atoms with E-state index in [0.717, 1.165) is 32.3 Å². The first-order chi connectivity index (χ1) is 37.5. The molecule has 0 fully saturated rings. The number of fused-ring (bicyclic) bond motifs is 7. The first-order valence-corrected chi connectivity index (χ1v) is 21.5. The minimum absolute atomic E-state index is 0. The normalized spacial score (nSPS) is 16.6. The Balaban J connectivity index is 0.000000308. The molecule has 10 rings (SSSR count). The number of benzene rings is 7. The number of hydrogen-bond donors (Lipinski definition) is 0. The largest absolute Gasteiger partial charge is 0.500 e. The molecule has 0 aliphatic carbocycles. The van der Waals surface area contributed by atoms with Crippen LogP contribution in [0.2, 0.25) is 0 Å². The summed E-state index contributed by atoms with van der Waals surface area (Å²) < 4.78 is 139. The maximum atomic E-state index is 8.77. The van der Waals surface area contributed by atoms with Crippen LogP contribution in [-0.2, 0) is 32.9 Å². The smallest absolute Gasteiger partial charge is 0.129 e. The van der Waals surface area contributed by atoms with E-state index in [1.54, 1.807) is 63.2 Å². The number of pyridine rings is 2. The molecule has 0 saturated heterocycles. The number of aryl methyl sites for hydroxylation is 4. The summed E-state index contributed by atoms with van der Waals surface area (Å²) in [6.45, 7) is 0.480. The molecule has 3 heterocycles. The van der Waals surface area contributed by atoms with Gasteiger partial charge in [-0.1, -0.05) is 162 Å². The summed E-state index contributed by atoms with van der Waals surface area (Å²) in [5.74, 6) is 0. The number of nitrogens with zero attached hydrogens (tertiary/aromatic N) is 2. The van der Waals surface area contributed by atoms with Gasteiger partial charge in [0.2, 0.25) is 0 Å². The predicted molar refractivity (Wildman–Crippen MR) is 275 cm³/mol. The molecule has 0 aliphatic heterocycles. The van der Waals surface area contributed by atoms with Crippen LogP contribution in [0.5, 0.6) is 0 Å². The Labute approximate surface area is 427 Å². The SMILES string of the molecule is [2H]C([2H])([2H])c1c[c-]c(-c2ccc(C([2H])([2H])C(C)(C)C)cn2)cc1.[2H]C([2H])([2H])c1cc(C([2H])([2H])C(C)(C)C)ccc1-c1ccc(-c2cc(-c3[c-]ccc4c3oc3c4ccc4ccc5ccccc5c43)ncc2C([2H])([2H])[2H])c(C([2H])([2H])[2H])c1.[Ir]. The summed E-state index contributed by atoms with van der Waals surface area (Å²) in [7, 11) is 0. The van der Waals surface area contributed by atoms with Gasteiger partial charge in [-0.3, -0.25) is 0 Å². The Bertz CT molecular complexity index is 4010. The number of furan rings is 1. The van der Waals surface area contributed by atoms with E-state index in [9.17, 15) is 0 Å². The zero-order valence-corrected chi connectivity index (χ0v) is 39.9. The van der Waals surface area contributed by atoms with Crippen LogP contribution in [0.3, 0.4) is 0 Å². The second-order valence-corrected chi connectivity index (χ2v) is 18.3. The fourth-order valence-corrected chi connectivity index (χ4v) is 8.19. The van der Waals surface area contributed by atoms with Crippen molar-refractivity contribution in [3.8, 4) is 44.8 Å². The summed E-state index contributed by atoms with van der Waals surface area (Å²) in [4.78, 5) is 8.90. The Kier molecular flexibility index (Phi) is 8.50. The second-order valence-electron chi connectivity index (χ2n) is 18.3. The van der Waals surface area contributed by atoms with Crippen molar-refractivity contribution in [2.75, 3.05) is 0 Å². The van der Waals surface area contributed by atoms with Gasteiger partial charge in [0.1, 0.15) is 5.58 Å². The average molecular weight is 1060 g/mol. The summed E-state index contributed by atoms with van der Waals surface area (Å²) in [5, 5.41) is 5.74. The third kappa shape index (κ3) is 9.82. The van der Waals surface area contributed by atoms with Crippen LogP contribution in [0.1, 0.15) is 96.9 Å². The van der Waals surface area contributed by atoms with Crippen molar-refractivity contribution in [1.29, 1.82) is 0 Å². The molecule has 7 aromatic carbocycles. The fraction of sp³-hybridized carbons (Fsp3) is 0.226. The molecule has 0 aliphatic rings. The minimum atomic E-state index is -2.76. The molecule has 3 nitrogen and oxygen atoms in total. The Morgan fingerprint density at radius 2 is 1.27 bits per heavy atom. The summed E-state index contributed by atoms with van der Waals surface area (Å²) >= 11 is 0. The van der Waals surface area contributed by atoms with Crippen molar-refractivity contribution in [2.24, 2.45) is 10.8 Å². The molecule has 0 unspecified atom stereocenters. The quantitative estimate of drug-likeness (QED) is 0.123. The molecule has 0 spiro atoms. The van der Waals surface area contributed by atoms with Crippen molar-refractivity contribution < 1.29 is 46.5 Å². The van der Waals surface area contributed by atoms with Crippen molar-refractivity contribution in [2.45, 2.75) is 81.7 Å². The second kappa shape index (κ2) is 18.6. The van der Waals surface area contributed by atoms with Crippen LogP contribution in [0.15, 0.2) is 150 Å². The maximum absolute atomic E-state index is 8.77. The fourth-order valence-electron chi connectivity index (χ4n) is 8.19. The number of hydrogen-bond acceptors (Lipinski definition) is 3. The molecule has 3 aromatic heterocycles. The Morgan fingerprint density at radius 1 is 0.561 bits per heavy atom. The third-order valence-corrected chi connectivity index (χ3v) is 11.0. The molecule has 1 radical (unpaired) electrons. The van der Waals surface area contributed by atoms with E-state index >= 15 is 0 Å². The predicted octanol–water partition coefficient (Wildman–Crippen LogP) is 17.0. The number of aromatic nitrogens is 2. The average Bonchev–Trinajstić information content (AvgIpc) is 2.03. The summed E-state index contributed by atoms with van der Waals surface area (Å²) in [5.41, 5.74) is 3.05. The first kappa shape index (κ1) is 30.2. The molecular formula is C62H58IrN2O-2. The monoisotopic (exact) mass is 1060 g/mol. The van der Waals surface area contributed by atoms with Gasteiger partial charge in [0.15, 0.2) is 0 Å². The molecule has 333 valence electrons.